The molecule has 1 amide bonds. The molecule has 3 rings (SSSR count). The number of ether oxygens (including phenoxy) is 1. The minimum atomic E-state index is -0.743. The Bertz CT molecular complexity index is 1240. The molecule has 0 fully saturated rings. The van der Waals surface area contributed by atoms with E-state index in [2.05, 4.69) is 10.1 Å². The number of furan rings is 1. The summed E-state index contributed by atoms with van der Waals surface area (Å²) in [7, 11) is 1.22. The molecule has 31 heavy (non-hydrogen) atoms. The summed E-state index contributed by atoms with van der Waals surface area (Å²) in [6, 6.07) is 17.0. The zero-order valence-corrected chi connectivity index (χ0v) is 16.2. The zero-order valence-electron chi connectivity index (χ0n) is 16.2. The first-order chi connectivity index (χ1) is 14.9. The molecule has 9 heteroatoms. The second kappa shape index (κ2) is 9.19. The fourth-order valence-electron chi connectivity index (χ4n) is 2.72. The van der Waals surface area contributed by atoms with Gasteiger partial charge in [-0.15, -0.1) is 0 Å². The van der Waals surface area contributed by atoms with Crippen LogP contribution < -0.4 is 5.32 Å². The van der Waals surface area contributed by atoms with E-state index in [9.17, 15) is 25.0 Å². The quantitative estimate of drug-likeness (QED) is 0.209. The number of rotatable bonds is 6. The van der Waals surface area contributed by atoms with Crippen molar-refractivity contribution in [1.29, 1.82) is 5.26 Å². The van der Waals surface area contributed by atoms with E-state index in [4.69, 9.17) is 4.42 Å². The normalized spacial score (nSPS) is 10.8. The average molecular weight is 417 g/mol. The Morgan fingerprint density at radius 3 is 2.65 bits per heavy atom. The number of carbonyl (C=O) groups is 2. The van der Waals surface area contributed by atoms with Crippen LogP contribution in [0.15, 0.2) is 70.7 Å². The monoisotopic (exact) mass is 417 g/mol. The molecular formula is C22H15N3O6. The van der Waals surface area contributed by atoms with Gasteiger partial charge < -0.3 is 14.5 Å². The third-order valence-electron chi connectivity index (χ3n) is 4.20. The van der Waals surface area contributed by atoms with Crippen LogP contribution in [0.4, 0.5) is 11.4 Å². The molecule has 3 aromatic rings. The Morgan fingerprint density at radius 1 is 1.16 bits per heavy atom. The van der Waals surface area contributed by atoms with Gasteiger partial charge in [-0.25, -0.2) is 4.79 Å². The second-order valence-corrected chi connectivity index (χ2v) is 6.17. The lowest BCUT2D eigenvalue weighted by molar-refractivity contribution is -0.384. The lowest BCUT2D eigenvalue weighted by Gasteiger charge is -2.08. The number of nitrogens with zero attached hydrogens (tertiary/aromatic N) is 2. The number of esters is 1. The predicted octanol–water partition coefficient (Wildman–Crippen LogP) is 4.19. The number of methoxy groups -OCH3 is 1. The van der Waals surface area contributed by atoms with Crippen molar-refractivity contribution in [2.45, 2.75) is 0 Å². The number of hydrogen-bond donors (Lipinski definition) is 1. The van der Waals surface area contributed by atoms with Crippen LogP contribution in [0.25, 0.3) is 17.4 Å². The Morgan fingerprint density at radius 2 is 1.94 bits per heavy atom. The van der Waals surface area contributed by atoms with Gasteiger partial charge in [-0.05, 0) is 24.3 Å². The number of carbonyl (C=O) groups excluding carboxylic acids is 2. The molecule has 2 aromatic carbocycles. The molecule has 0 aliphatic carbocycles. The van der Waals surface area contributed by atoms with Crippen LogP contribution in [0.5, 0.6) is 0 Å². The molecule has 0 spiro atoms. The summed E-state index contributed by atoms with van der Waals surface area (Å²) < 4.78 is 10.3. The molecule has 0 radical (unpaired) electrons. The number of anilines is 1. The van der Waals surface area contributed by atoms with Crippen LogP contribution >= 0.6 is 0 Å². The van der Waals surface area contributed by atoms with Gasteiger partial charge in [0.05, 0.1) is 23.3 Å². The van der Waals surface area contributed by atoms with Crippen molar-refractivity contribution in [3.8, 4) is 17.4 Å². The van der Waals surface area contributed by atoms with Crippen LogP contribution in [-0.4, -0.2) is 23.9 Å². The van der Waals surface area contributed by atoms with Crippen LogP contribution in [0.3, 0.4) is 0 Å². The van der Waals surface area contributed by atoms with E-state index >= 15 is 0 Å². The highest BCUT2D eigenvalue weighted by atomic mass is 16.6. The van der Waals surface area contributed by atoms with Crippen molar-refractivity contribution in [2.75, 3.05) is 12.4 Å². The fourth-order valence-corrected chi connectivity index (χ4v) is 2.72. The molecule has 0 atom stereocenters. The van der Waals surface area contributed by atoms with Crippen molar-refractivity contribution >= 4 is 29.3 Å². The number of nitrogens with one attached hydrogen (secondary N) is 1. The second-order valence-electron chi connectivity index (χ2n) is 6.17. The number of amides is 1. The van der Waals surface area contributed by atoms with Gasteiger partial charge in [-0.1, -0.05) is 24.3 Å². The highest BCUT2D eigenvalue weighted by Crippen LogP contribution is 2.27. The number of non-ortho nitro benzene ring substituents is 1. The third kappa shape index (κ3) is 4.83. The molecule has 154 valence electrons. The maximum Gasteiger partial charge on any atom is 0.339 e. The SMILES string of the molecule is COC(=O)c1ccccc1NC(=O)/C(C#N)=C/c1ccc(-c2cccc([N+](=O)[O-])c2)o1. The maximum atomic E-state index is 12.5. The molecule has 0 aliphatic heterocycles. The van der Waals surface area contributed by atoms with Crippen molar-refractivity contribution in [3.05, 3.63) is 87.7 Å². The summed E-state index contributed by atoms with van der Waals surface area (Å²) in [6.45, 7) is 0. The number of benzene rings is 2. The number of nitriles is 1. The first-order valence-electron chi connectivity index (χ1n) is 8.88. The van der Waals surface area contributed by atoms with Gasteiger partial charge in [-0.3, -0.25) is 14.9 Å². The highest BCUT2D eigenvalue weighted by Gasteiger charge is 2.17. The summed E-state index contributed by atoms with van der Waals surface area (Å²) in [5, 5.41) is 22.8. The molecule has 1 heterocycles. The van der Waals surface area contributed by atoms with Crippen molar-refractivity contribution in [3.63, 3.8) is 0 Å². The van der Waals surface area contributed by atoms with Crippen LogP contribution in [0.2, 0.25) is 0 Å². The standard InChI is InChI=1S/C22H15N3O6/c1-30-22(27)18-7-2-3-8-19(18)24-21(26)15(13-23)12-17-9-10-20(31-17)14-5-4-6-16(11-14)25(28)29/h2-12H,1H3,(H,24,26)/b15-12+. The number of para-hydroxylation sites is 1. The largest absolute Gasteiger partial charge is 0.465 e. The van der Waals surface area contributed by atoms with E-state index < -0.39 is 16.8 Å². The zero-order chi connectivity index (χ0) is 22.4. The van der Waals surface area contributed by atoms with Gasteiger partial charge in [-0.2, -0.15) is 5.26 Å². The maximum absolute atomic E-state index is 12.5. The fraction of sp³-hybridized carbons (Fsp3) is 0.0455. The molecule has 0 saturated carbocycles. The molecule has 0 saturated heterocycles. The van der Waals surface area contributed by atoms with Crippen LogP contribution in [0, 0.1) is 21.4 Å². The van der Waals surface area contributed by atoms with Crippen LogP contribution in [0.1, 0.15) is 16.1 Å². The van der Waals surface area contributed by atoms with E-state index in [-0.39, 0.29) is 28.3 Å². The van der Waals surface area contributed by atoms with Crippen molar-refractivity contribution in [2.24, 2.45) is 0 Å². The molecule has 9 nitrogen and oxygen atoms in total. The predicted molar refractivity (Wildman–Crippen MR) is 111 cm³/mol. The first kappa shape index (κ1) is 21.0. The minimum Gasteiger partial charge on any atom is -0.465 e. The molecular weight excluding hydrogens is 402 g/mol. The highest BCUT2D eigenvalue weighted by molar-refractivity contribution is 6.11. The van der Waals surface area contributed by atoms with E-state index in [0.29, 0.717) is 11.3 Å². The van der Waals surface area contributed by atoms with Gasteiger partial charge in [0, 0.05) is 23.8 Å². The Hall–Kier alpha value is -4.71. The van der Waals surface area contributed by atoms with Gasteiger partial charge in [0.25, 0.3) is 11.6 Å². The van der Waals surface area contributed by atoms with Gasteiger partial charge in [0.15, 0.2) is 0 Å². The molecule has 0 bridgehead atoms. The minimum absolute atomic E-state index is 0.0904. The topological polar surface area (TPSA) is 135 Å². The molecule has 0 unspecified atom stereocenters. The van der Waals surface area contributed by atoms with E-state index in [1.807, 2.05) is 0 Å². The summed E-state index contributed by atoms with van der Waals surface area (Å²) in [6.07, 6.45) is 1.23. The summed E-state index contributed by atoms with van der Waals surface area (Å²) in [4.78, 5) is 34.8. The Labute approximate surface area is 176 Å². The lowest BCUT2D eigenvalue weighted by Crippen LogP contribution is -2.16. The summed E-state index contributed by atoms with van der Waals surface area (Å²) in [5.41, 5.74) is 0.453. The number of nitro benzene ring substituents is 1. The molecule has 0 aliphatic rings. The van der Waals surface area contributed by atoms with E-state index in [0.717, 1.165) is 0 Å². The van der Waals surface area contributed by atoms with Gasteiger partial charge in [0.1, 0.15) is 23.2 Å². The van der Waals surface area contributed by atoms with Crippen molar-refractivity contribution in [1.82, 2.24) is 0 Å². The Balaban J connectivity index is 1.84. The molecule has 1 N–H and O–H groups in total. The summed E-state index contributed by atoms with van der Waals surface area (Å²) in [5.74, 6) is -0.837. The molecule has 1 aromatic heterocycles. The van der Waals surface area contributed by atoms with Gasteiger partial charge >= 0.3 is 5.97 Å². The van der Waals surface area contributed by atoms with E-state index in [1.165, 1.54) is 49.6 Å². The van der Waals surface area contributed by atoms with Crippen molar-refractivity contribution < 1.29 is 23.7 Å². The third-order valence-corrected chi connectivity index (χ3v) is 4.20. The lowest BCUT2D eigenvalue weighted by atomic mass is 10.1. The van der Waals surface area contributed by atoms with Gasteiger partial charge in [0.2, 0.25) is 0 Å². The summed E-state index contributed by atoms with van der Waals surface area (Å²) >= 11 is 0. The first-order valence-corrected chi connectivity index (χ1v) is 8.88. The smallest absolute Gasteiger partial charge is 0.339 e. The average Bonchev–Trinajstić information content (AvgIpc) is 3.26. The number of hydrogen-bond acceptors (Lipinski definition) is 7. The number of nitro groups is 1. The van der Waals surface area contributed by atoms with E-state index in [1.54, 1.807) is 30.3 Å². The Kier molecular flexibility index (Phi) is 6.23. The van der Waals surface area contributed by atoms with Crippen LogP contribution in [-0.2, 0) is 9.53 Å².